The van der Waals surface area contributed by atoms with Crippen LogP contribution in [0.5, 0.6) is 0 Å². The van der Waals surface area contributed by atoms with Gasteiger partial charge in [-0.2, -0.15) is 0 Å². The lowest BCUT2D eigenvalue weighted by Crippen LogP contribution is -2.09. The van der Waals surface area contributed by atoms with E-state index in [9.17, 15) is 4.79 Å². The highest BCUT2D eigenvalue weighted by atomic mass is 16.1. The summed E-state index contributed by atoms with van der Waals surface area (Å²) < 4.78 is 1.89. The second kappa shape index (κ2) is 3.02. The molecule has 72 valence electrons. The molecule has 0 radical (unpaired) electrons. The zero-order valence-electron chi connectivity index (χ0n) is 9.01. The van der Waals surface area contributed by atoms with E-state index in [4.69, 9.17) is 0 Å². The molecule has 1 aromatic heterocycles. The molecule has 0 bridgehead atoms. The molecule has 0 unspecified atom stereocenters. The number of hydrogen-bond acceptors (Lipinski definition) is 1. The van der Waals surface area contributed by atoms with Gasteiger partial charge in [-0.25, -0.2) is 0 Å². The number of Topliss-reactive ketones (excluding diaryl/α,β-unsaturated/α-hetero) is 1. The molecule has 1 aromatic rings. The minimum atomic E-state index is 0.117. The van der Waals surface area contributed by atoms with Crippen LogP contribution >= 0.6 is 0 Å². The molecule has 0 spiro atoms. The van der Waals surface area contributed by atoms with Gasteiger partial charge in [0, 0.05) is 20.2 Å². The van der Waals surface area contributed by atoms with E-state index in [2.05, 4.69) is 20.8 Å². The second-order valence-corrected chi connectivity index (χ2v) is 4.53. The van der Waals surface area contributed by atoms with Gasteiger partial charge in [-0.1, -0.05) is 20.8 Å². The van der Waals surface area contributed by atoms with Gasteiger partial charge >= 0.3 is 0 Å². The molecule has 0 saturated carbocycles. The Bertz CT molecular complexity index is 328. The van der Waals surface area contributed by atoms with E-state index in [0.29, 0.717) is 0 Å². The van der Waals surface area contributed by atoms with Crippen LogP contribution in [0.1, 0.15) is 43.7 Å². The van der Waals surface area contributed by atoms with Crippen molar-refractivity contribution in [2.45, 2.75) is 33.1 Å². The van der Waals surface area contributed by atoms with Crippen molar-refractivity contribution in [3.05, 3.63) is 23.5 Å². The van der Waals surface area contributed by atoms with Crippen LogP contribution in [-0.4, -0.2) is 10.4 Å². The van der Waals surface area contributed by atoms with Crippen molar-refractivity contribution in [1.82, 2.24) is 4.57 Å². The highest BCUT2D eigenvalue weighted by molar-refractivity contribution is 5.92. The Morgan fingerprint density at radius 3 is 2.15 bits per heavy atom. The molecule has 0 N–H and O–H groups in total. The van der Waals surface area contributed by atoms with Crippen molar-refractivity contribution in [1.29, 1.82) is 0 Å². The average molecular weight is 179 g/mol. The van der Waals surface area contributed by atoms with E-state index in [1.54, 1.807) is 6.92 Å². The molecule has 0 aromatic carbocycles. The zero-order valence-corrected chi connectivity index (χ0v) is 9.01. The zero-order chi connectivity index (χ0) is 10.2. The topological polar surface area (TPSA) is 22.0 Å². The molecule has 1 heterocycles. The van der Waals surface area contributed by atoms with Crippen LogP contribution in [0.3, 0.4) is 0 Å². The van der Waals surface area contributed by atoms with Gasteiger partial charge in [-0.3, -0.25) is 4.79 Å². The van der Waals surface area contributed by atoms with Gasteiger partial charge in [0.1, 0.15) is 0 Å². The average Bonchev–Trinajstić information content (AvgIpc) is 2.29. The summed E-state index contributed by atoms with van der Waals surface area (Å²) in [6.07, 6.45) is 2.02. The third-order valence-electron chi connectivity index (χ3n) is 2.23. The molecule has 0 saturated heterocycles. The Morgan fingerprint density at radius 2 is 1.92 bits per heavy atom. The fraction of sp³-hybridized carbons (Fsp3) is 0.545. The van der Waals surface area contributed by atoms with Crippen LogP contribution in [0.4, 0.5) is 0 Å². The van der Waals surface area contributed by atoms with Crippen molar-refractivity contribution in [2.24, 2.45) is 7.05 Å². The number of rotatable bonds is 1. The SMILES string of the molecule is CC(=O)c1cc(C(C)(C)C)cn1C. The number of carbonyl (C=O) groups is 1. The monoisotopic (exact) mass is 179 g/mol. The Morgan fingerprint density at radius 1 is 1.38 bits per heavy atom. The lowest BCUT2D eigenvalue weighted by Gasteiger charge is -2.15. The smallest absolute Gasteiger partial charge is 0.176 e. The minimum absolute atomic E-state index is 0.117. The fourth-order valence-electron chi connectivity index (χ4n) is 1.32. The Balaban J connectivity index is 3.17. The maximum absolute atomic E-state index is 11.2. The van der Waals surface area contributed by atoms with Gasteiger partial charge in [0.25, 0.3) is 0 Å². The molecule has 13 heavy (non-hydrogen) atoms. The molecule has 2 nitrogen and oxygen atoms in total. The first-order chi connectivity index (χ1) is 5.82. The van der Waals surface area contributed by atoms with Crippen molar-refractivity contribution in [3.63, 3.8) is 0 Å². The summed E-state index contributed by atoms with van der Waals surface area (Å²) in [4.78, 5) is 11.2. The van der Waals surface area contributed by atoms with Crippen LogP contribution in [-0.2, 0) is 12.5 Å². The molecule has 1 rings (SSSR count). The number of aryl methyl sites for hydroxylation is 1. The van der Waals surface area contributed by atoms with Gasteiger partial charge in [-0.15, -0.1) is 0 Å². The number of carbonyl (C=O) groups excluding carboxylic acids is 1. The van der Waals surface area contributed by atoms with Crippen molar-refractivity contribution < 1.29 is 4.79 Å². The molecular weight excluding hydrogens is 162 g/mol. The summed E-state index contributed by atoms with van der Waals surface area (Å²) in [7, 11) is 1.91. The second-order valence-electron chi connectivity index (χ2n) is 4.53. The lowest BCUT2D eigenvalue weighted by molar-refractivity contribution is 0.101. The minimum Gasteiger partial charge on any atom is -0.348 e. The van der Waals surface area contributed by atoms with Gasteiger partial charge < -0.3 is 4.57 Å². The highest BCUT2D eigenvalue weighted by Gasteiger charge is 2.17. The fourth-order valence-corrected chi connectivity index (χ4v) is 1.32. The van der Waals surface area contributed by atoms with Crippen LogP contribution in [0.25, 0.3) is 0 Å². The summed E-state index contributed by atoms with van der Waals surface area (Å²) in [5.41, 5.74) is 2.11. The van der Waals surface area contributed by atoms with E-state index < -0.39 is 0 Å². The first kappa shape index (κ1) is 10.0. The van der Waals surface area contributed by atoms with E-state index in [1.165, 1.54) is 5.56 Å². The van der Waals surface area contributed by atoms with Crippen LogP contribution in [0, 0.1) is 0 Å². The van der Waals surface area contributed by atoms with E-state index >= 15 is 0 Å². The molecule has 0 amide bonds. The molecule has 0 aliphatic rings. The van der Waals surface area contributed by atoms with Crippen molar-refractivity contribution in [2.75, 3.05) is 0 Å². The summed E-state index contributed by atoms with van der Waals surface area (Å²) in [6.45, 7) is 8.03. The van der Waals surface area contributed by atoms with Crippen LogP contribution in [0.2, 0.25) is 0 Å². The molecule has 0 fully saturated rings. The van der Waals surface area contributed by atoms with Crippen molar-refractivity contribution >= 4 is 5.78 Å². The van der Waals surface area contributed by atoms with Crippen molar-refractivity contribution in [3.8, 4) is 0 Å². The molecule has 2 heteroatoms. The summed E-state index contributed by atoms with van der Waals surface area (Å²) in [5, 5.41) is 0. The van der Waals surface area contributed by atoms with Gasteiger partial charge in [-0.05, 0) is 17.0 Å². The first-order valence-corrected chi connectivity index (χ1v) is 4.50. The Labute approximate surface area is 79.6 Å². The maximum Gasteiger partial charge on any atom is 0.176 e. The molecular formula is C11H17NO. The predicted octanol–water partition coefficient (Wildman–Crippen LogP) is 2.53. The first-order valence-electron chi connectivity index (χ1n) is 4.50. The summed E-state index contributed by atoms with van der Waals surface area (Å²) >= 11 is 0. The lowest BCUT2D eigenvalue weighted by atomic mass is 9.89. The number of ketones is 1. The summed E-state index contributed by atoms with van der Waals surface area (Å²) in [5.74, 6) is 0.123. The number of aromatic nitrogens is 1. The highest BCUT2D eigenvalue weighted by Crippen LogP contribution is 2.23. The Hall–Kier alpha value is -1.05. The van der Waals surface area contributed by atoms with Gasteiger partial charge in [0.05, 0.1) is 5.69 Å². The molecule has 0 atom stereocenters. The largest absolute Gasteiger partial charge is 0.348 e. The van der Waals surface area contributed by atoms with Gasteiger partial charge in [0.2, 0.25) is 0 Å². The molecule has 0 aliphatic carbocycles. The van der Waals surface area contributed by atoms with E-state index in [0.717, 1.165) is 5.69 Å². The third kappa shape index (κ3) is 2.00. The summed E-state index contributed by atoms with van der Waals surface area (Å²) in [6, 6.07) is 1.97. The van der Waals surface area contributed by atoms with Gasteiger partial charge in [0.15, 0.2) is 5.78 Å². The quantitative estimate of drug-likeness (QED) is 0.607. The standard InChI is InChI=1S/C11H17NO/c1-8(13)10-6-9(7-12(10)5)11(2,3)4/h6-7H,1-5H3. The molecule has 0 aliphatic heterocycles. The van der Waals surface area contributed by atoms with E-state index in [-0.39, 0.29) is 11.2 Å². The van der Waals surface area contributed by atoms with Crippen LogP contribution < -0.4 is 0 Å². The number of nitrogens with zero attached hydrogens (tertiary/aromatic N) is 1. The van der Waals surface area contributed by atoms with E-state index in [1.807, 2.05) is 23.9 Å². The normalized spacial score (nSPS) is 11.8. The predicted molar refractivity (Wildman–Crippen MR) is 54.1 cm³/mol. The number of hydrogen-bond donors (Lipinski definition) is 0. The maximum atomic E-state index is 11.2. The Kier molecular flexibility index (Phi) is 2.33. The van der Waals surface area contributed by atoms with Crippen LogP contribution in [0.15, 0.2) is 12.3 Å². The third-order valence-corrected chi connectivity index (χ3v) is 2.23.